The van der Waals surface area contributed by atoms with Gasteiger partial charge in [-0.1, -0.05) is 6.92 Å². The number of alkyl halides is 3. The van der Waals surface area contributed by atoms with Crippen molar-refractivity contribution >= 4 is 5.97 Å². The van der Waals surface area contributed by atoms with Crippen molar-refractivity contribution in [3.05, 3.63) is 41.7 Å². The Bertz CT molecular complexity index is 869. The summed E-state index contributed by atoms with van der Waals surface area (Å²) in [6.07, 6.45) is -2.68. The third-order valence-electron chi connectivity index (χ3n) is 4.20. The van der Waals surface area contributed by atoms with E-state index in [0.717, 1.165) is 18.6 Å². The molecule has 1 aliphatic rings. The molecule has 3 rings (SSSR count). The van der Waals surface area contributed by atoms with E-state index in [1.165, 1.54) is 25.4 Å². The highest BCUT2D eigenvalue weighted by Gasteiger charge is 2.36. The molecule has 0 radical (unpaired) electrons. The summed E-state index contributed by atoms with van der Waals surface area (Å²) in [6, 6.07) is 4.81. The molecular formula is C18H16F3NO5. The number of halogens is 3. The minimum Gasteiger partial charge on any atom is -0.493 e. The Hall–Kier alpha value is -2.97. The SMILES string of the molecule is COc1cc(OC(F)(F)F)ccc1Oc1cc([C@H]2C[C@@H]2C)ncc1C(=O)O. The maximum absolute atomic E-state index is 12.4. The van der Waals surface area contributed by atoms with Crippen molar-refractivity contribution < 1.29 is 37.3 Å². The first kappa shape index (κ1) is 18.8. The van der Waals surface area contributed by atoms with Crippen molar-refractivity contribution in [2.75, 3.05) is 7.11 Å². The van der Waals surface area contributed by atoms with E-state index in [1.807, 2.05) is 0 Å². The maximum Gasteiger partial charge on any atom is 0.573 e. The lowest BCUT2D eigenvalue weighted by Gasteiger charge is -2.15. The molecule has 1 aromatic heterocycles. The number of rotatable bonds is 6. The summed E-state index contributed by atoms with van der Waals surface area (Å²) >= 11 is 0. The van der Waals surface area contributed by atoms with Crippen LogP contribution in [0.2, 0.25) is 0 Å². The van der Waals surface area contributed by atoms with Crippen molar-refractivity contribution in [3.63, 3.8) is 0 Å². The summed E-state index contributed by atoms with van der Waals surface area (Å²) in [5, 5.41) is 9.34. The number of methoxy groups -OCH3 is 1. The lowest BCUT2D eigenvalue weighted by molar-refractivity contribution is -0.274. The molecule has 0 amide bonds. The molecule has 1 heterocycles. The fourth-order valence-electron chi connectivity index (χ4n) is 2.68. The molecule has 1 aliphatic carbocycles. The Labute approximate surface area is 152 Å². The lowest BCUT2D eigenvalue weighted by atomic mass is 10.1. The number of aromatic nitrogens is 1. The Kier molecular flexibility index (Phi) is 4.86. The van der Waals surface area contributed by atoms with Crippen molar-refractivity contribution in [1.82, 2.24) is 4.98 Å². The Morgan fingerprint density at radius 2 is 1.93 bits per heavy atom. The molecule has 0 unspecified atom stereocenters. The molecule has 6 nitrogen and oxygen atoms in total. The van der Waals surface area contributed by atoms with Gasteiger partial charge in [-0.2, -0.15) is 0 Å². The number of carboxylic acids is 1. The minimum atomic E-state index is -4.84. The molecule has 1 saturated carbocycles. The van der Waals surface area contributed by atoms with Gasteiger partial charge < -0.3 is 19.3 Å². The monoisotopic (exact) mass is 383 g/mol. The molecule has 1 N–H and O–H groups in total. The zero-order chi connectivity index (χ0) is 19.8. The van der Waals surface area contributed by atoms with Crippen molar-refractivity contribution in [3.8, 4) is 23.0 Å². The Morgan fingerprint density at radius 1 is 1.22 bits per heavy atom. The van der Waals surface area contributed by atoms with Gasteiger partial charge in [0.25, 0.3) is 0 Å². The topological polar surface area (TPSA) is 77.9 Å². The van der Waals surface area contributed by atoms with Gasteiger partial charge in [0.15, 0.2) is 11.5 Å². The van der Waals surface area contributed by atoms with Crippen molar-refractivity contribution in [2.24, 2.45) is 5.92 Å². The number of benzene rings is 1. The fourth-order valence-corrected chi connectivity index (χ4v) is 2.68. The van der Waals surface area contributed by atoms with Crippen LogP contribution >= 0.6 is 0 Å². The zero-order valence-corrected chi connectivity index (χ0v) is 14.4. The minimum absolute atomic E-state index is 0.0359. The van der Waals surface area contributed by atoms with Gasteiger partial charge in [-0.3, -0.25) is 4.98 Å². The van der Waals surface area contributed by atoms with E-state index in [9.17, 15) is 23.1 Å². The first-order valence-electron chi connectivity index (χ1n) is 8.03. The van der Waals surface area contributed by atoms with Crippen molar-refractivity contribution in [2.45, 2.75) is 25.6 Å². The summed E-state index contributed by atoms with van der Waals surface area (Å²) in [5.74, 6) is -0.971. The quantitative estimate of drug-likeness (QED) is 0.785. The second kappa shape index (κ2) is 6.98. The number of hydrogen-bond donors (Lipinski definition) is 1. The molecule has 0 aliphatic heterocycles. The summed E-state index contributed by atoms with van der Waals surface area (Å²) < 4.78 is 51.6. The smallest absolute Gasteiger partial charge is 0.493 e. The number of carbonyl (C=O) groups is 1. The van der Waals surface area contributed by atoms with Gasteiger partial charge in [-0.15, -0.1) is 13.2 Å². The first-order chi connectivity index (χ1) is 12.7. The molecule has 2 aromatic rings. The molecular weight excluding hydrogens is 367 g/mol. The average Bonchev–Trinajstić information content (AvgIpc) is 3.31. The van der Waals surface area contributed by atoms with Crippen molar-refractivity contribution in [1.29, 1.82) is 0 Å². The summed E-state index contributed by atoms with van der Waals surface area (Å²) in [4.78, 5) is 15.6. The van der Waals surface area contributed by atoms with Crippen LogP contribution in [0.25, 0.3) is 0 Å². The van der Waals surface area contributed by atoms with Gasteiger partial charge in [0.2, 0.25) is 0 Å². The van der Waals surface area contributed by atoms with Crippen LogP contribution in [0.4, 0.5) is 13.2 Å². The van der Waals surface area contributed by atoms with Gasteiger partial charge in [0, 0.05) is 29.9 Å². The standard InChI is InChI=1S/C18H16F3NO5/c1-9-5-11(9)13-7-15(12(8-22-13)17(23)24)26-14-4-3-10(6-16(14)25-2)27-18(19,20)21/h3-4,6-9,11H,5H2,1-2H3,(H,23,24)/t9-,11-/m0/s1. The largest absolute Gasteiger partial charge is 0.573 e. The van der Waals surface area contributed by atoms with Crippen LogP contribution < -0.4 is 14.2 Å². The maximum atomic E-state index is 12.4. The van der Waals surface area contributed by atoms with Crippen LogP contribution in [-0.2, 0) is 0 Å². The third kappa shape index (κ3) is 4.42. The Balaban J connectivity index is 1.92. The second-order valence-corrected chi connectivity index (χ2v) is 6.19. The number of hydrogen-bond acceptors (Lipinski definition) is 5. The van der Waals surface area contributed by atoms with E-state index in [-0.39, 0.29) is 28.7 Å². The molecule has 0 spiro atoms. The van der Waals surface area contributed by atoms with Gasteiger partial charge in [0.1, 0.15) is 17.1 Å². The molecule has 9 heteroatoms. The fraction of sp³-hybridized carbons (Fsp3) is 0.333. The van der Waals surface area contributed by atoms with E-state index >= 15 is 0 Å². The van der Waals surface area contributed by atoms with Crippen LogP contribution in [-0.4, -0.2) is 29.5 Å². The van der Waals surface area contributed by atoms with Gasteiger partial charge >= 0.3 is 12.3 Å². The molecule has 144 valence electrons. The predicted molar refractivity (Wildman–Crippen MR) is 87.5 cm³/mol. The van der Waals surface area contributed by atoms with Crippen LogP contribution in [0, 0.1) is 5.92 Å². The second-order valence-electron chi connectivity index (χ2n) is 6.19. The first-order valence-corrected chi connectivity index (χ1v) is 8.03. The Morgan fingerprint density at radius 3 is 2.48 bits per heavy atom. The van der Waals surface area contributed by atoms with Gasteiger partial charge in [0.05, 0.1) is 7.11 Å². The molecule has 1 fully saturated rings. The molecule has 2 atom stereocenters. The highest BCUT2D eigenvalue weighted by Crippen LogP contribution is 2.47. The van der Waals surface area contributed by atoms with Crippen LogP contribution in [0.15, 0.2) is 30.5 Å². The molecule has 27 heavy (non-hydrogen) atoms. The highest BCUT2D eigenvalue weighted by atomic mass is 19.4. The van der Waals surface area contributed by atoms with Gasteiger partial charge in [-0.25, -0.2) is 4.79 Å². The lowest BCUT2D eigenvalue weighted by Crippen LogP contribution is -2.17. The van der Waals surface area contributed by atoms with E-state index in [2.05, 4.69) is 16.6 Å². The number of ether oxygens (including phenoxy) is 3. The highest BCUT2D eigenvalue weighted by molar-refractivity contribution is 5.90. The summed E-state index contributed by atoms with van der Waals surface area (Å²) in [6.45, 7) is 2.06. The number of aromatic carboxylic acids is 1. The van der Waals surface area contributed by atoms with E-state index in [4.69, 9.17) is 9.47 Å². The van der Waals surface area contributed by atoms with E-state index in [1.54, 1.807) is 0 Å². The van der Waals surface area contributed by atoms with E-state index in [0.29, 0.717) is 11.6 Å². The van der Waals surface area contributed by atoms with E-state index < -0.39 is 18.1 Å². The van der Waals surface area contributed by atoms with Crippen LogP contribution in [0.1, 0.15) is 35.3 Å². The zero-order valence-electron chi connectivity index (χ0n) is 14.4. The number of carboxylic acid groups (broad SMARTS) is 1. The molecule has 0 saturated heterocycles. The normalized spacial score (nSPS) is 18.7. The van der Waals surface area contributed by atoms with Gasteiger partial charge in [-0.05, 0) is 24.5 Å². The summed E-state index contributed by atoms with van der Waals surface area (Å²) in [5.41, 5.74) is 0.545. The third-order valence-corrected chi connectivity index (χ3v) is 4.20. The predicted octanol–water partition coefficient (Wildman–Crippen LogP) is 4.60. The average molecular weight is 383 g/mol. The van der Waals surface area contributed by atoms with Crippen LogP contribution in [0.3, 0.4) is 0 Å². The number of nitrogens with zero attached hydrogens (tertiary/aromatic N) is 1. The van der Waals surface area contributed by atoms with Crippen LogP contribution in [0.5, 0.6) is 23.0 Å². The molecule has 0 bridgehead atoms. The molecule has 1 aromatic carbocycles. The number of pyridine rings is 1. The summed E-state index contributed by atoms with van der Waals surface area (Å²) in [7, 11) is 1.25.